The molecular formula is C21H19ClFN3O2. The van der Waals surface area contributed by atoms with Gasteiger partial charge in [0.1, 0.15) is 0 Å². The van der Waals surface area contributed by atoms with Crippen molar-refractivity contribution in [2.24, 2.45) is 0 Å². The fraction of sp³-hybridized carbons (Fsp3) is 0.190. The summed E-state index contributed by atoms with van der Waals surface area (Å²) in [6.07, 6.45) is 0.868. The minimum absolute atomic E-state index is 0.0250. The molecule has 7 heteroatoms. The van der Waals surface area contributed by atoms with Crippen LogP contribution in [0.5, 0.6) is 11.8 Å². The highest BCUT2D eigenvalue weighted by Crippen LogP contribution is 2.25. The molecule has 1 aromatic heterocycles. The van der Waals surface area contributed by atoms with E-state index in [2.05, 4.69) is 15.3 Å². The van der Waals surface area contributed by atoms with Crippen LogP contribution in [-0.4, -0.2) is 15.9 Å². The number of hydrogen-bond acceptors (Lipinski definition) is 4. The molecule has 3 aromatic rings. The molecule has 1 N–H and O–H groups in total. The summed E-state index contributed by atoms with van der Waals surface area (Å²) < 4.78 is 19.2. The maximum atomic E-state index is 13.7. The van der Waals surface area contributed by atoms with Crippen molar-refractivity contribution in [3.8, 4) is 11.8 Å². The van der Waals surface area contributed by atoms with Crippen LogP contribution in [0.2, 0.25) is 5.02 Å². The van der Waals surface area contributed by atoms with E-state index >= 15 is 0 Å². The summed E-state index contributed by atoms with van der Waals surface area (Å²) in [5.74, 6) is -0.614. The number of nitrogens with one attached hydrogen (secondary N) is 1. The van der Waals surface area contributed by atoms with Crippen LogP contribution in [0.1, 0.15) is 23.4 Å². The number of hydrogen-bond donors (Lipinski definition) is 1. The number of anilines is 1. The van der Waals surface area contributed by atoms with E-state index in [9.17, 15) is 9.18 Å². The molecule has 144 valence electrons. The molecule has 0 aliphatic carbocycles. The Bertz CT molecular complexity index is 987. The first-order valence-corrected chi connectivity index (χ1v) is 9.12. The van der Waals surface area contributed by atoms with Gasteiger partial charge in [0.2, 0.25) is 5.91 Å². The Balaban J connectivity index is 1.67. The smallest absolute Gasteiger partial charge is 0.322 e. The molecule has 0 bridgehead atoms. The number of ether oxygens (including phenoxy) is 1. The Hall–Kier alpha value is -2.99. The molecule has 0 saturated carbocycles. The standard InChI is InChI=1S/C21H19ClFN3O2/c1-13-20(26-19(27)11-10-15-6-5-7-16(22)12-15)14(2)25-21(24-13)28-18-9-4-3-8-17(18)23/h3-9,12H,10-11H2,1-2H3,(H,26,27). The molecule has 0 saturated heterocycles. The number of aromatic nitrogens is 2. The Morgan fingerprint density at radius 3 is 2.50 bits per heavy atom. The van der Waals surface area contributed by atoms with Crippen molar-refractivity contribution in [3.05, 3.63) is 76.3 Å². The molecule has 28 heavy (non-hydrogen) atoms. The van der Waals surface area contributed by atoms with Crippen LogP contribution in [0.15, 0.2) is 48.5 Å². The second-order valence-electron chi connectivity index (χ2n) is 6.26. The maximum Gasteiger partial charge on any atom is 0.322 e. The second-order valence-corrected chi connectivity index (χ2v) is 6.70. The van der Waals surface area contributed by atoms with Gasteiger partial charge in [0.25, 0.3) is 0 Å². The van der Waals surface area contributed by atoms with Gasteiger partial charge in [0.05, 0.1) is 17.1 Å². The predicted octanol–water partition coefficient (Wildman–Crippen LogP) is 5.25. The average molecular weight is 400 g/mol. The second kappa shape index (κ2) is 8.80. The molecule has 0 aliphatic rings. The largest absolute Gasteiger partial charge is 0.421 e. The van der Waals surface area contributed by atoms with Gasteiger partial charge >= 0.3 is 6.01 Å². The molecule has 0 unspecified atom stereocenters. The van der Waals surface area contributed by atoms with Gasteiger partial charge < -0.3 is 10.1 Å². The van der Waals surface area contributed by atoms with E-state index in [1.807, 2.05) is 18.2 Å². The van der Waals surface area contributed by atoms with Crippen LogP contribution >= 0.6 is 11.6 Å². The predicted molar refractivity (Wildman–Crippen MR) is 106 cm³/mol. The van der Waals surface area contributed by atoms with Crippen molar-refractivity contribution in [2.75, 3.05) is 5.32 Å². The number of aryl methyl sites for hydroxylation is 3. The van der Waals surface area contributed by atoms with Gasteiger partial charge in [-0.25, -0.2) is 4.39 Å². The van der Waals surface area contributed by atoms with Gasteiger partial charge in [-0.2, -0.15) is 9.97 Å². The molecule has 1 amide bonds. The molecule has 2 aromatic carbocycles. The highest BCUT2D eigenvalue weighted by atomic mass is 35.5. The highest BCUT2D eigenvalue weighted by Gasteiger charge is 2.14. The molecule has 3 rings (SSSR count). The topological polar surface area (TPSA) is 64.1 Å². The first kappa shape index (κ1) is 19.8. The molecule has 0 atom stereocenters. The van der Waals surface area contributed by atoms with Crippen LogP contribution in [-0.2, 0) is 11.2 Å². The fourth-order valence-electron chi connectivity index (χ4n) is 2.69. The molecule has 1 heterocycles. The number of amides is 1. The molecule has 0 fully saturated rings. The third-order valence-corrected chi connectivity index (χ3v) is 4.32. The average Bonchev–Trinajstić information content (AvgIpc) is 2.65. The van der Waals surface area contributed by atoms with Crippen molar-refractivity contribution in [3.63, 3.8) is 0 Å². The van der Waals surface area contributed by atoms with Gasteiger partial charge in [-0.05, 0) is 50.1 Å². The van der Waals surface area contributed by atoms with E-state index in [0.717, 1.165) is 5.56 Å². The fourth-order valence-corrected chi connectivity index (χ4v) is 2.90. The van der Waals surface area contributed by atoms with Crippen LogP contribution < -0.4 is 10.1 Å². The lowest BCUT2D eigenvalue weighted by atomic mass is 10.1. The van der Waals surface area contributed by atoms with Crippen molar-refractivity contribution in [1.29, 1.82) is 0 Å². The number of carbonyl (C=O) groups is 1. The lowest BCUT2D eigenvalue weighted by Gasteiger charge is -2.12. The third kappa shape index (κ3) is 5.04. The summed E-state index contributed by atoms with van der Waals surface area (Å²) in [5.41, 5.74) is 2.59. The number of para-hydroxylation sites is 1. The Labute approximate surface area is 167 Å². The first-order chi connectivity index (χ1) is 13.4. The van der Waals surface area contributed by atoms with Gasteiger partial charge in [-0.3, -0.25) is 4.79 Å². The normalized spacial score (nSPS) is 10.6. The van der Waals surface area contributed by atoms with Crippen molar-refractivity contribution in [2.45, 2.75) is 26.7 Å². The summed E-state index contributed by atoms with van der Waals surface area (Å²) in [5, 5.41) is 3.48. The number of rotatable bonds is 6. The lowest BCUT2D eigenvalue weighted by Crippen LogP contribution is -2.15. The lowest BCUT2D eigenvalue weighted by molar-refractivity contribution is -0.116. The van der Waals surface area contributed by atoms with E-state index in [1.165, 1.54) is 12.1 Å². The summed E-state index contributed by atoms with van der Waals surface area (Å²) in [4.78, 5) is 20.8. The SMILES string of the molecule is Cc1nc(Oc2ccccc2F)nc(C)c1NC(=O)CCc1cccc(Cl)c1. The Morgan fingerprint density at radius 2 is 1.82 bits per heavy atom. The Morgan fingerprint density at radius 1 is 1.11 bits per heavy atom. The molecular weight excluding hydrogens is 381 g/mol. The van der Waals surface area contributed by atoms with E-state index in [4.69, 9.17) is 16.3 Å². The zero-order valence-electron chi connectivity index (χ0n) is 15.5. The van der Waals surface area contributed by atoms with E-state index in [1.54, 1.807) is 32.0 Å². The number of carbonyl (C=O) groups excluding carboxylic acids is 1. The van der Waals surface area contributed by atoms with Gasteiger partial charge in [0.15, 0.2) is 11.6 Å². The third-order valence-electron chi connectivity index (χ3n) is 4.08. The van der Waals surface area contributed by atoms with Crippen molar-refractivity contribution in [1.82, 2.24) is 9.97 Å². The maximum absolute atomic E-state index is 13.7. The number of halogens is 2. The highest BCUT2D eigenvalue weighted by molar-refractivity contribution is 6.30. The number of nitrogens with zero attached hydrogens (tertiary/aromatic N) is 2. The van der Waals surface area contributed by atoms with Crippen LogP contribution in [0.25, 0.3) is 0 Å². The van der Waals surface area contributed by atoms with Gasteiger partial charge in [-0.1, -0.05) is 35.9 Å². The summed E-state index contributed by atoms with van der Waals surface area (Å²) in [7, 11) is 0. The number of benzene rings is 2. The van der Waals surface area contributed by atoms with Gasteiger partial charge in [-0.15, -0.1) is 0 Å². The monoisotopic (exact) mass is 399 g/mol. The van der Waals surface area contributed by atoms with E-state index in [0.29, 0.717) is 34.9 Å². The summed E-state index contributed by atoms with van der Waals surface area (Å²) in [6.45, 7) is 3.46. The summed E-state index contributed by atoms with van der Waals surface area (Å²) in [6, 6.07) is 13.5. The van der Waals surface area contributed by atoms with E-state index < -0.39 is 5.82 Å². The van der Waals surface area contributed by atoms with Gasteiger partial charge in [0, 0.05) is 11.4 Å². The van der Waals surface area contributed by atoms with Crippen LogP contribution in [0.3, 0.4) is 0 Å². The molecule has 0 spiro atoms. The van der Waals surface area contributed by atoms with Crippen LogP contribution in [0.4, 0.5) is 10.1 Å². The summed E-state index contributed by atoms with van der Waals surface area (Å²) >= 11 is 5.96. The Kier molecular flexibility index (Phi) is 6.21. The minimum atomic E-state index is -0.500. The molecule has 5 nitrogen and oxygen atoms in total. The van der Waals surface area contributed by atoms with Crippen molar-refractivity contribution >= 4 is 23.2 Å². The van der Waals surface area contributed by atoms with Crippen LogP contribution in [0, 0.1) is 19.7 Å². The molecule has 0 aliphatic heterocycles. The minimum Gasteiger partial charge on any atom is -0.421 e. The zero-order valence-corrected chi connectivity index (χ0v) is 16.3. The van der Waals surface area contributed by atoms with E-state index in [-0.39, 0.29) is 17.7 Å². The quantitative estimate of drug-likeness (QED) is 0.614. The van der Waals surface area contributed by atoms with Crippen molar-refractivity contribution < 1.29 is 13.9 Å². The molecule has 0 radical (unpaired) electrons. The first-order valence-electron chi connectivity index (χ1n) is 8.74. The zero-order chi connectivity index (χ0) is 20.1.